The minimum absolute atomic E-state index is 0.0410. The molecule has 0 radical (unpaired) electrons. The number of likely N-dealkylation sites (tertiary alicyclic amines) is 1. The predicted octanol–water partition coefficient (Wildman–Crippen LogP) is 3.02. The fraction of sp³-hybridized carbons (Fsp3) is 0.500. The Balaban J connectivity index is 1.26. The maximum absolute atomic E-state index is 12.8. The van der Waals surface area contributed by atoms with Gasteiger partial charge in [0.05, 0.1) is 11.7 Å². The molecule has 1 aliphatic heterocycles. The third-order valence-corrected chi connectivity index (χ3v) is 6.44. The maximum atomic E-state index is 12.8. The Labute approximate surface area is 175 Å². The van der Waals surface area contributed by atoms with E-state index >= 15 is 0 Å². The second kappa shape index (κ2) is 8.10. The molecule has 3 heterocycles. The summed E-state index contributed by atoms with van der Waals surface area (Å²) in [5, 5.41) is 12.0. The van der Waals surface area contributed by atoms with Crippen molar-refractivity contribution in [1.29, 1.82) is 0 Å². The van der Waals surface area contributed by atoms with E-state index in [1.54, 1.807) is 10.9 Å². The lowest BCUT2D eigenvalue weighted by atomic mass is 9.85. The highest BCUT2D eigenvalue weighted by molar-refractivity contribution is 5.92. The number of anilines is 1. The van der Waals surface area contributed by atoms with E-state index in [1.165, 1.54) is 25.9 Å². The van der Waals surface area contributed by atoms with Crippen molar-refractivity contribution in [3.8, 4) is 11.3 Å². The number of nitrogens with one attached hydrogen (secondary N) is 1. The van der Waals surface area contributed by atoms with Crippen LogP contribution in [-0.4, -0.2) is 54.9 Å². The molecule has 1 aromatic carbocycles. The van der Waals surface area contributed by atoms with Crippen LogP contribution in [0.2, 0.25) is 0 Å². The Morgan fingerprint density at radius 3 is 2.67 bits per heavy atom. The van der Waals surface area contributed by atoms with Gasteiger partial charge in [-0.15, -0.1) is 5.10 Å². The first-order valence-corrected chi connectivity index (χ1v) is 10.8. The number of aryl methyl sites for hydroxylation is 1. The molecular formula is C22H27N7O. The molecule has 2 aliphatic rings. The van der Waals surface area contributed by atoms with Crippen molar-refractivity contribution in [1.82, 2.24) is 29.9 Å². The van der Waals surface area contributed by atoms with Gasteiger partial charge in [-0.2, -0.15) is 0 Å². The van der Waals surface area contributed by atoms with Crippen LogP contribution in [0.4, 0.5) is 5.95 Å². The third-order valence-electron chi connectivity index (χ3n) is 6.44. The lowest BCUT2D eigenvalue weighted by Crippen LogP contribution is -2.38. The standard InChI is InChI=1S/C22H27N7O/c1-28-14-20(26-27-28)16-4-5-17-13-23-22(24-19(17)12-16)25-21(30)15-6-8-18(9-7-15)29-10-2-3-11-29/h4-5,12-15,18H,2-3,6-11H2,1H3,(H,23,24,25,30)/t15-,18-. The van der Waals surface area contributed by atoms with Crippen molar-refractivity contribution in [2.24, 2.45) is 13.0 Å². The van der Waals surface area contributed by atoms with Gasteiger partial charge in [-0.25, -0.2) is 9.97 Å². The van der Waals surface area contributed by atoms with Crippen molar-refractivity contribution in [2.75, 3.05) is 18.4 Å². The molecule has 1 saturated carbocycles. The topological polar surface area (TPSA) is 88.8 Å². The van der Waals surface area contributed by atoms with Gasteiger partial charge in [0.1, 0.15) is 5.69 Å². The Kier molecular flexibility index (Phi) is 5.16. The van der Waals surface area contributed by atoms with Gasteiger partial charge in [0, 0.05) is 36.2 Å². The lowest BCUT2D eigenvalue weighted by molar-refractivity contribution is -0.121. The van der Waals surface area contributed by atoms with E-state index in [9.17, 15) is 4.79 Å². The highest BCUT2D eigenvalue weighted by Gasteiger charge is 2.30. The average Bonchev–Trinajstić information content (AvgIpc) is 3.45. The smallest absolute Gasteiger partial charge is 0.229 e. The first-order valence-electron chi connectivity index (χ1n) is 10.8. The molecule has 8 heteroatoms. The fourth-order valence-corrected chi connectivity index (χ4v) is 4.74. The van der Waals surface area contributed by atoms with E-state index in [-0.39, 0.29) is 11.8 Å². The summed E-state index contributed by atoms with van der Waals surface area (Å²) in [5.74, 6) is 0.457. The van der Waals surface area contributed by atoms with Gasteiger partial charge in [-0.05, 0) is 57.7 Å². The van der Waals surface area contributed by atoms with Crippen LogP contribution in [0.3, 0.4) is 0 Å². The second-order valence-corrected chi connectivity index (χ2v) is 8.48. The van der Waals surface area contributed by atoms with Gasteiger partial charge in [0.15, 0.2) is 0 Å². The SMILES string of the molecule is Cn1cc(-c2ccc3cnc(NC(=O)[C@H]4CC[C@H](N5CCCC5)CC4)nc3c2)nn1. The van der Waals surface area contributed by atoms with Crippen molar-refractivity contribution < 1.29 is 4.79 Å². The number of hydrogen-bond donors (Lipinski definition) is 1. The molecule has 5 rings (SSSR count). The van der Waals surface area contributed by atoms with Gasteiger partial charge < -0.3 is 4.90 Å². The van der Waals surface area contributed by atoms with Crippen LogP contribution in [0.25, 0.3) is 22.2 Å². The Hall–Kier alpha value is -2.87. The molecule has 3 aromatic rings. The molecule has 1 aliphatic carbocycles. The molecule has 1 N–H and O–H groups in total. The molecule has 8 nitrogen and oxygen atoms in total. The highest BCUT2D eigenvalue weighted by Crippen LogP contribution is 2.30. The zero-order valence-electron chi connectivity index (χ0n) is 17.3. The van der Waals surface area contributed by atoms with E-state index in [0.717, 1.165) is 47.8 Å². The summed E-state index contributed by atoms with van der Waals surface area (Å²) in [6.07, 6.45) is 10.4. The summed E-state index contributed by atoms with van der Waals surface area (Å²) in [6.45, 7) is 2.45. The number of benzene rings is 1. The quantitative estimate of drug-likeness (QED) is 0.718. The molecule has 156 valence electrons. The van der Waals surface area contributed by atoms with Gasteiger partial charge in [0.2, 0.25) is 11.9 Å². The summed E-state index contributed by atoms with van der Waals surface area (Å²) in [4.78, 5) is 24.3. The molecule has 1 amide bonds. The molecular weight excluding hydrogens is 378 g/mol. The molecule has 0 bridgehead atoms. The molecule has 2 aromatic heterocycles. The number of hydrogen-bond acceptors (Lipinski definition) is 6. The lowest BCUT2D eigenvalue weighted by Gasteiger charge is -2.33. The van der Waals surface area contributed by atoms with E-state index < -0.39 is 0 Å². The first-order chi connectivity index (χ1) is 14.7. The minimum atomic E-state index is 0.0410. The zero-order valence-corrected chi connectivity index (χ0v) is 17.3. The molecule has 2 fully saturated rings. The molecule has 0 spiro atoms. The predicted molar refractivity (Wildman–Crippen MR) is 115 cm³/mol. The average molecular weight is 406 g/mol. The molecule has 1 saturated heterocycles. The van der Waals surface area contributed by atoms with E-state index in [1.807, 2.05) is 31.4 Å². The van der Waals surface area contributed by atoms with Gasteiger partial charge in [-0.3, -0.25) is 14.8 Å². The van der Waals surface area contributed by atoms with Crippen molar-refractivity contribution in [3.05, 3.63) is 30.6 Å². The summed E-state index contributed by atoms with van der Waals surface area (Å²) in [7, 11) is 1.84. The third kappa shape index (κ3) is 3.92. The van der Waals surface area contributed by atoms with Crippen LogP contribution in [-0.2, 0) is 11.8 Å². The number of aromatic nitrogens is 5. The summed E-state index contributed by atoms with van der Waals surface area (Å²) < 4.78 is 1.67. The van der Waals surface area contributed by atoms with Gasteiger partial charge in [-0.1, -0.05) is 17.3 Å². The molecule has 0 atom stereocenters. The van der Waals surface area contributed by atoms with Gasteiger partial charge in [0.25, 0.3) is 0 Å². The summed E-state index contributed by atoms with van der Waals surface area (Å²) >= 11 is 0. The largest absolute Gasteiger partial charge is 0.300 e. The van der Waals surface area contributed by atoms with Crippen LogP contribution in [0.1, 0.15) is 38.5 Å². The number of nitrogens with zero attached hydrogens (tertiary/aromatic N) is 6. The van der Waals surface area contributed by atoms with Crippen LogP contribution < -0.4 is 5.32 Å². The molecule has 30 heavy (non-hydrogen) atoms. The summed E-state index contributed by atoms with van der Waals surface area (Å²) in [6, 6.07) is 6.56. The van der Waals surface area contributed by atoms with Crippen LogP contribution >= 0.6 is 0 Å². The number of fused-ring (bicyclic) bond motifs is 1. The monoisotopic (exact) mass is 405 g/mol. The Bertz CT molecular complexity index is 1050. The van der Waals surface area contributed by atoms with Crippen molar-refractivity contribution in [2.45, 2.75) is 44.6 Å². The normalized spacial score (nSPS) is 22.4. The Morgan fingerprint density at radius 1 is 1.13 bits per heavy atom. The summed E-state index contributed by atoms with van der Waals surface area (Å²) in [5.41, 5.74) is 2.51. The van der Waals surface area contributed by atoms with E-state index in [0.29, 0.717) is 12.0 Å². The van der Waals surface area contributed by atoms with Crippen LogP contribution in [0.5, 0.6) is 0 Å². The first kappa shape index (κ1) is 19.1. The van der Waals surface area contributed by atoms with Crippen molar-refractivity contribution in [3.63, 3.8) is 0 Å². The zero-order chi connectivity index (χ0) is 20.5. The molecule has 0 unspecified atom stereocenters. The van der Waals surface area contributed by atoms with Crippen LogP contribution in [0, 0.1) is 5.92 Å². The Morgan fingerprint density at radius 2 is 1.93 bits per heavy atom. The number of carbonyl (C=O) groups is 1. The fourth-order valence-electron chi connectivity index (χ4n) is 4.74. The number of amides is 1. The number of carbonyl (C=O) groups excluding carboxylic acids is 1. The van der Waals surface area contributed by atoms with E-state index in [2.05, 4.69) is 30.5 Å². The van der Waals surface area contributed by atoms with Crippen molar-refractivity contribution >= 4 is 22.8 Å². The number of rotatable bonds is 4. The maximum Gasteiger partial charge on any atom is 0.229 e. The van der Waals surface area contributed by atoms with Crippen LogP contribution in [0.15, 0.2) is 30.6 Å². The minimum Gasteiger partial charge on any atom is -0.300 e. The second-order valence-electron chi connectivity index (χ2n) is 8.48. The van der Waals surface area contributed by atoms with Gasteiger partial charge >= 0.3 is 0 Å². The van der Waals surface area contributed by atoms with E-state index in [4.69, 9.17) is 0 Å². The highest BCUT2D eigenvalue weighted by atomic mass is 16.2.